The van der Waals surface area contributed by atoms with Crippen molar-refractivity contribution in [1.29, 1.82) is 0 Å². The highest BCUT2D eigenvalue weighted by molar-refractivity contribution is 6.10. The predicted octanol–water partition coefficient (Wildman–Crippen LogP) is 0.742. The Hall–Kier alpha value is -2.77. The Morgan fingerprint density at radius 1 is 1.28 bits per heavy atom. The number of hydrogen-bond acceptors (Lipinski definition) is 5. The molecule has 1 saturated heterocycles. The van der Waals surface area contributed by atoms with E-state index >= 15 is 0 Å². The SMILES string of the molecule is C[C@H](C(=O)O)N(C)C(=O)[C@@H]1CCN(c2ccc3c(c2)OCCO3)C1=O. The maximum atomic E-state index is 12.7. The van der Waals surface area contributed by atoms with Crippen LogP contribution in [0.1, 0.15) is 13.3 Å². The molecule has 0 unspecified atom stereocenters. The summed E-state index contributed by atoms with van der Waals surface area (Å²) in [5, 5.41) is 9.04. The molecule has 0 aromatic heterocycles. The number of carbonyl (C=O) groups excluding carboxylic acids is 2. The standard InChI is InChI=1S/C17H20N2O6/c1-10(17(22)23)18(2)15(20)12-5-6-19(16(12)21)11-3-4-13-14(9-11)25-8-7-24-13/h3-4,9-10,12H,5-8H2,1-2H3,(H,22,23)/t10-,12+/m1/s1. The van der Waals surface area contributed by atoms with Crippen LogP contribution in [0.2, 0.25) is 0 Å². The smallest absolute Gasteiger partial charge is 0.326 e. The largest absolute Gasteiger partial charge is 0.486 e. The second kappa shape index (κ2) is 6.62. The Bertz CT molecular complexity index is 719. The van der Waals surface area contributed by atoms with Crippen LogP contribution in [0.5, 0.6) is 11.5 Å². The number of aliphatic carboxylic acids is 1. The van der Waals surface area contributed by atoms with Crippen molar-refractivity contribution in [3.63, 3.8) is 0 Å². The Labute approximate surface area is 144 Å². The lowest BCUT2D eigenvalue weighted by molar-refractivity contribution is -0.151. The van der Waals surface area contributed by atoms with Gasteiger partial charge in [-0.15, -0.1) is 0 Å². The first kappa shape index (κ1) is 17.1. The third-order valence-corrected chi connectivity index (χ3v) is 4.63. The van der Waals surface area contributed by atoms with Gasteiger partial charge in [-0.1, -0.05) is 0 Å². The van der Waals surface area contributed by atoms with E-state index in [-0.39, 0.29) is 5.91 Å². The number of carboxylic acid groups (broad SMARTS) is 1. The molecule has 2 aliphatic rings. The zero-order chi connectivity index (χ0) is 18.1. The van der Waals surface area contributed by atoms with Crippen molar-refractivity contribution in [2.24, 2.45) is 5.92 Å². The quantitative estimate of drug-likeness (QED) is 0.807. The number of anilines is 1. The van der Waals surface area contributed by atoms with E-state index in [4.69, 9.17) is 14.6 Å². The lowest BCUT2D eigenvalue weighted by atomic mass is 10.1. The lowest BCUT2D eigenvalue weighted by Crippen LogP contribution is -2.45. The summed E-state index contributed by atoms with van der Waals surface area (Å²) in [6.45, 7) is 2.74. The molecule has 0 bridgehead atoms. The van der Waals surface area contributed by atoms with Gasteiger partial charge in [0, 0.05) is 25.3 Å². The number of amides is 2. The Kier molecular flexibility index (Phi) is 4.52. The molecule has 2 atom stereocenters. The molecule has 1 fully saturated rings. The zero-order valence-electron chi connectivity index (χ0n) is 14.1. The fourth-order valence-corrected chi connectivity index (χ4v) is 2.97. The highest BCUT2D eigenvalue weighted by atomic mass is 16.6. The van der Waals surface area contributed by atoms with Crippen molar-refractivity contribution in [2.45, 2.75) is 19.4 Å². The highest BCUT2D eigenvalue weighted by Gasteiger charge is 2.40. The van der Waals surface area contributed by atoms with Crippen LogP contribution >= 0.6 is 0 Å². The summed E-state index contributed by atoms with van der Waals surface area (Å²) in [5.41, 5.74) is 0.637. The number of benzene rings is 1. The van der Waals surface area contributed by atoms with Crippen LogP contribution in [-0.4, -0.2) is 60.6 Å². The second-order valence-electron chi connectivity index (χ2n) is 6.12. The number of carbonyl (C=O) groups is 3. The van der Waals surface area contributed by atoms with Crippen molar-refractivity contribution in [2.75, 3.05) is 31.7 Å². The molecule has 1 aromatic carbocycles. The fraction of sp³-hybridized carbons (Fsp3) is 0.471. The van der Waals surface area contributed by atoms with Crippen molar-refractivity contribution >= 4 is 23.5 Å². The van der Waals surface area contributed by atoms with E-state index in [1.807, 2.05) is 0 Å². The van der Waals surface area contributed by atoms with E-state index in [0.717, 1.165) is 4.90 Å². The van der Waals surface area contributed by atoms with Crippen LogP contribution in [0.25, 0.3) is 0 Å². The number of likely N-dealkylation sites (N-methyl/N-ethyl adjacent to an activating group) is 1. The molecule has 8 heteroatoms. The molecule has 2 heterocycles. The van der Waals surface area contributed by atoms with Crippen molar-refractivity contribution in [1.82, 2.24) is 4.90 Å². The molecule has 1 N–H and O–H groups in total. The molecule has 134 valence electrons. The topological polar surface area (TPSA) is 96.4 Å². The highest BCUT2D eigenvalue weighted by Crippen LogP contribution is 2.36. The van der Waals surface area contributed by atoms with Gasteiger partial charge in [0.2, 0.25) is 11.8 Å². The molecule has 0 saturated carbocycles. The van der Waals surface area contributed by atoms with Crippen LogP contribution in [0.4, 0.5) is 5.69 Å². The Morgan fingerprint density at radius 3 is 2.64 bits per heavy atom. The summed E-state index contributed by atoms with van der Waals surface area (Å²) in [6.07, 6.45) is 0.350. The summed E-state index contributed by atoms with van der Waals surface area (Å²) in [4.78, 5) is 38.8. The van der Waals surface area contributed by atoms with Crippen molar-refractivity contribution in [3.05, 3.63) is 18.2 Å². The molecular weight excluding hydrogens is 328 g/mol. The first-order valence-electron chi connectivity index (χ1n) is 8.10. The molecule has 2 amide bonds. The third-order valence-electron chi connectivity index (χ3n) is 4.63. The van der Waals surface area contributed by atoms with E-state index in [2.05, 4.69) is 0 Å². The molecule has 25 heavy (non-hydrogen) atoms. The summed E-state index contributed by atoms with van der Waals surface area (Å²) in [5.74, 6) is -1.57. The first-order valence-corrected chi connectivity index (χ1v) is 8.10. The van der Waals surface area contributed by atoms with Gasteiger partial charge >= 0.3 is 5.97 Å². The van der Waals surface area contributed by atoms with Gasteiger partial charge in [-0.3, -0.25) is 9.59 Å². The van der Waals surface area contributed by atoms with Gasteiger partial charge in [-0.05, 0) is 25.5 Å². The van der Waals surface area contributed by atoms with Crippen LogP contribution in [0.15, 0.2) is 18.2 Å². The lowest BCUT2D eigenvalue weighted by Gasteiger charge is -2.25. The molecule has 3 rings (SSSR count). The van der Waals surface area contributed by atoms with Gasteiger partial charge in [0.15, 0.2) is 11.5 Å². The first-order chi connectivity index (χ1) is 11.9. The van der Waals surface area contributed by atoms with Gasteiger partial charge in [0.1, 0.15) is 25.2 Å². The van der Waals surface area contributed by atoms with Crippen molar-refractivity contribution in [3.8, 4) is 11.5 Å². The Balaban J connectivity index is 1.75. The zero-order valence-corrected chi connectivity index (χ0v) is 14.1. The molecule has 0 spiro atoms. The molecule has 0 radical (unpaired) electrons. The average molecular weight is 348 g/mol. The summed E-state index contributed by atoms with van der Waals surface area (Å²) < 4.78 is 11.0. The molecule has 1 aromatic rings. The van der Waals surface area contributed by atoms with Crippen LogP contribution in [0, 0.1) is 5.92 Å². The number of ether oxygens (including phenoxy) is 2. The summed E-state index contributed by atoms with van der Waals surface area (Å²) in [6, 6.07) is 4.24. The van der Waals surface area contributed by atoms with Crippen molar-refractivity contribution < 1.29 is 29.0 Å². The normalized spacial score (nSPS) is 20.3. The van der Waals surface area contributed by atoms with E-state index < -0.39 is 23.8 Å². The average Bonchev–Trinajstić information content (AvgIpc) is 3.00. The van der Waals surface area contributed by atoms with Gasteiger partial charge in [-0.2, -0.15) is 0 Å². The summed E-state index contributed by atoms with van der Waals surface area (Å²) >= 11 is 0. The number of rotatable bonds is 4. The number of nitrogens with zero attached hydrogens (tertiary/aromatic N) is 2. The second-order valence-corrected chi connectivity index (χ2v) is 6.12. The minimum Gasteiger partial charge on any atom is -0.486 e. The van der Waals surface area contributed by atoms with E-state index in [0.29, 0.717) is 43.4 Å². The molecule has 0 aliphatic carbocycles. The third kappa shape index (κ3) is 3.11. The van der Waals surface area contributed by atoms with Crippen LogP contribution in [-0.2, 0) is 14.4 Å². The van der Waals surface area contributed by atoms with E-state index in [9.17, 15) is 14.4 Å². The minimum absolute atomic E-state index is 0.328. The molecule has 2 aliphatic heterocycles. The maximum absolute atomic E-state index is 12.7. The Morgan fingerprint density at radius 2 is 1.96 bits per heavy atom. The van der Waals surface area contributed by atoms with Gasteiger partial charge in [-0.25, -0.2) is 4.79 Å². The fourth-order valence-electron chi connectivity index (χ4n) is 2.97. The number of carboxylic acids is 1. The van der Waals surface area contributed by atoms with Crippen LogP contribution in [0.3, 0.4) is 0 Å². The van der Waals surface area contributed by atoms with Gasteiger partial charge < -0.3 is 24.4 Å². The molecular formula is C17H20N2O6. The van der Waals surface area contributed by atoms with Crippen LogP contribution < -0.4 is 14.4 Å². The monoisotopic (exact) mass is 348 g/mol. The number of fused-ring (bicyclic) bond motifs is 1. The van der Waals surface area contributed by atoms with Gasteiger partial charge in [0.05, 0.1) is 0 Å². The predicted molar refractivity (Wildman–Crippen MR) is 87.8 cm³/mol. The summed E-state index contributed by atoms with van der Waals surface area (Å²) in [7, 11) is 1.40. The van der Waals surface area contributed by atoms with E-state index in [1.54, 1.807) is 18.2 Å². The maximum Gasteiger partial charge on any atom is 0.326 e. The molecule has 8 nitrogen and oxygen atoms in total. The number of hydrogen-bond donors (Lipinski definition) is 1. The minimum atomic E-state index is -1.11. The van der Waals surface area contributed by atoms with Gasteiger partial charge in [0.25, 0.3) is 0 Å². The van der Waals surface area contributed by atoms with E-state index in [1.165, 1.54) is 18.9 Å².